The molecule has 0 saturated heterocycles. The lowest BCUT2D eigenvalue weighted by Crippen LogP contribution is -2.17. The Morgan fingerprint density at radius 1 is 0.596 bits per heavy atom. The van der Waals surface area contributed by atoms with Gasteiger partial charge in [-0.3, -0.25) is 4.79 Å². The van der Waals surface area contributed by atoms with Gasteiger partial charge >= 0.3 is 5.97 Å². The van der Waals surface area contributed by atoms with E-state index in [1.165, 1.54) is 0 Å². The van der Waals surface area contributed by atoms with Gasteiger partial charge in [0.25, 0.3) is 0 Å². The third-order valence-electron chi connectivity index (χ3n) is 6.62. The van der Waals surface area contributed by atoms with Crippen molar-refractivity contribution in [3.05, 3.63) is 70.8 Å². The van der Waals surface area contributed by atoms with E-state index in [4.69, 9.17) is 144 Å². The molecule has 0 spiro atoms. The van der Waals surface area contributed by atoms with Crippen LogP contribution in [-0.4, -0.2) is 42.5 Å². The first-order valence-corrected chi connectivity index (χ1v) is 17.5. The van der Waals surface area contributed by atoms with Crippen LogP contribution in [0.3, 0.4) is 0 Å². The summed E-state index contributed by atoms with van der Waals surface area (Å²) < 4.78 is -2.93. The van der Waals surface area contributed by atoms with Gasteiger partial charge in [0.15, 0.2) is 34.9 Å². The van der Waals surface area contributed by atoms with E-state index in [-0.39, 0.29) is 48.0 Å². The highest BCUT2D eigenvalue weighted by molar-refractivity contribution is 6.68. The van der Waals surface area contributed by atoms with Crippen LogP contribution in [0.25, 0.3) is 33.9 Å². The van der Waals surface area contributed by atoms with E-state index in [1.54, 1.807) is 31.2 Å². The second kappa shape index (κ2) is 13.9. The Kier molecular flexibility index (Phi) is 11.1. The molecule has 0 unspecified atom stereocenters. The zero-order valence-corrected chi connectivity index (χ0v) is 32.1. The van der Waals surface area contributed by atoms with E-state index in [1.807, 2.05) is 12.1 Å². The predicted molar refractivity (Wildman–Crippen MR) is 190 cm³/mol. The topological polar surface area (TPSA) is 104 Å². The number of hydrogen-bond donors (Lipinski definition) is 0. The van der Waals surface area contributed by atoms with Gasteiger partial charge in [0, 0.05) is 17.0 Å². The zero-order valence-electron chi connectivity index (χ0n) is 23.0. The number of carbonyl (C=O) groups is 1. The van der Waals surface area contributed by atoms with Crippen LogP contribution in [0.4, 0.5) is 0 Å². The molecule has 0 atom stereocenters. The summed E-state index contributed by atoms with van der Waals surface area (Å²) in [4.78, 5) is 38.2. The Morgan fingerprint density at radius 3 is 1.23 bits per heavy atom. The molecule has 4 aromatic rings. The Balaban J connectivity index is 1.67. The standard InChI is InChI=1S/C27H14Cl12N6O2/c1-2-47-17(46)9-16-14-7-10(18-40-20(24(28,29)30)44-21(41-18)25(31,32)33)3-5-12(14)13-6-4-11(8-15(13)16)19-42-22(26(34,35)36)45-23(43-19)27(37,38)39/h3-8,16H,2,9H2,1H3. The summed E-state index contributed by atoms with van der Waals surface area (Å²) in [6.07, 6.45) is -0.0350. The van der Waals surface area contributed by atoms with Crippen molar-refractivity contribution in [1.82, 2.24) is 29.9 Å². The number of fused-ring (bicyclic) bond motifs is 3. The number of benzene rings is 2. The highest BCUT2D eigenvalue weighted by Crippen LogP contribution is 2.49. The second-order valence-corrected chi connectivity index (χ2v) is 18.9. The lowest BCUT2D eigenvalue weighted by molar-refractivity contribution is -0.143. The van der Waals surface area contributed by atoms with Gasteiger partial charge in [0.2, 0.25) is 15.2 Å². The molecule has 5 rings (SSSR count). The first-order valence-electron chi connectivity index (χ1n) is 12.9. The van der Waals surface area contributed by atoms with Gasteiger partial charge in [0.05, 0.1) is 13.0 Å². The molecule has 20 heteroatoms. The fourth-order valence-electron chi connectivity index (χ4n) is 4.76. The summed E-state index contributed by atoms with van der Waals surface area (Å²) in [6, 6.07) is 10.7. The molecule has 2 heterocycles. The zero-order chi connectivity index (χ0) is 34.7. The molecule has 0 radical (unpaired) electrons. The van der Waals surface area contributed by atoms with E-state index in [0.29, 0.717) is 11.1 Å². The molecule has 1 aliphatic rings. The molecule has 1 aliphatic carbocycles. The predicted octanol–water partition coefficient (Wildman–Crippen LogP) is 10.8. The molecule has 0 fully saturated rings. The minimum Gasteiger partial charge on any atom is -0.466 e. The van der Waals surface area contributed by atoms with Gasteiger partial charge in [-0.15, -0.1) is 0 Å². The fourth-order valence-corrected chi connectivity index (χ4v) is 5.78. The van der Waals surface area contributed by atoms with E-state index in [2.05, 4.69) is 29.9 Å². The average molecular weight is 880 g/mol. The highest BCUT2D eigenvalue weighted by atomic mass is 35.6. The monoisotopic (exact) mass is 874 g/mol. The fraction of sp³-hybridized carbons (Fsp3) is 0.296. The van der Waals surface area contributed by atoms with Crippen LogP contribution < -0.4 is 0 Å². The Hall–Kier alpha value is -0.590. The summed E-state index contributed by atoms with van der Waals surface area (Å²) in [7, 11) is 0. The highest BCUT2D eigenvalue weighted by Gasteiger charge is 2.37. The molecule has 0 aliphatic heterocycles. The van der Waals surface area contributed by atoms with Crippen molar-refractivity contribution in [3.63, 3.8) is 0 Å². The van der Waals surface area contributed by atoms with E-state index in [9.17, 15) is 4.79 Å². The Morgan fingerprint density at radius 2 is 0.936 bits per heavy atom. The Bertz CT molecular complexity index is 1680. The van der Waals surface area contributed by atoms with Gasteiger partial charge < -0.3 is 4.74 Å². The van der Waals surface area contributed by atoms with Crippen molar-refractivity contribution in [3.8, 4) is 33.9 Å². The van der Waals surface area contributed by atoms with Crippen molar-refractivity contribution in [2.75, 3.05) is 6.61 Å². The third kappa shape index (κ3) is 8.49. The molecule has 0 saturated carbocycles. The molecular formula is C27H14Cl12N6O2. The Labute approximate surface area is 327 Å². The van der Waals surface area contributed by atoms with Gasteiger partial charge in [-0.25, -0.2) is 29.9 Å². The largest absolute Gasteiger partial charge is 0.466 e. The van der Waals surface area contributed by atoms with Crippen LogP contribution in [0, 0.1) is 0 Å². The third-order valence-corrected chi connectivity index (χ3v) is 8.65. The first-order chi connectivity index (χ1) is 21.7. The summed E-state index contributed by atoms with van der Waals surface area (Å²) in [6.45, 7) is 1.89. The maximum atomic E-state index is 12.9. The number of aromatic nitrogens is 6. The molecule has 248 valence electrons. The van der Waals surface area contributed by atoms with Gasteiger partial charge in [-0.2, -0.15) is 0 Å². The summed E-state index contributed by atoms with van der Waals surface area (Å²) in [5, 5.41) is 0. The van der Waals surface area contributed by atoms with E-state index < -0.39 is 27.1 Å². The average Bonchev–Trinajstić information content (AvgIpc) is 3.27. The number of ether oxygens (including phenoxy) is 1. The number of halogens is 12. The molecular weight excluding hydrogens is 866 g/mol. The van der Waals surface area contributed by atoms with Crippen LogP contribution in [0.2, 0.25) is 0 Å². The lowest BCUT2D eigenvalue weighted by Gasteiger charge is -2.17. The second-order valence-electron chi connectivity index (χ2n) is 9.77. The maximum absolute atomic E-state index is 12.9. The maximum Gasteiger partial charge on any atom is 0.306 e. The first kappa shape index (κ1) is 37.7. The van der Waals surface area contributed by atoms with Crippen LogP contribution in [0.15, 0.2) is 36.4 Å². The number of rotatable bonds is 5. The van der Waals surface area contributed by atoms with Crippen molar-refractivity contribution in [2.45, 2.75) is 34.4 Å². The minimum atomic E-state index is -2.06. The normalized spacial score (nSPS) is 13.8. The van der Waals surface area contributed by atoms with Gasteiger partial charge in [-0.1, -0.05) is 163 Å². The summed E-state index contributed by atoms with van der Waals surface area (Å²) in [5.74, 6) is -1.89. The number of hydrogen-bond acceptors (Lipinski definition) is 8. The minimum absolute atomic E-state index is 0.0350. The smallest absolute Gasteiger partial charge is 0.306 e. The van der Waals surface area contributed by atoms with Crippen molar-refractivity contribution in [1.29, 1.82) is 0 Å². The van der Waals surface area contributed by atoms with Crippen molar-refractivity contribution < 1.29 is 9.53 Å². The number of esters is 1. The molecule has 47 heavy (non-hydrogen) atoms. The van der Waals surface area contributed by atoms with Crippen LogP contribution in [-0.2, 0) is 24.7 Å². The quantitative estimate of drug-likeness (QED) is 0.144. The van der Waals surface area contributed by atoms with Gasteiger partial charge in [-0.05, 0) is 41.3 Å². The SMILES string of the molecule is CCOC(=O)CC1c2cc(-c3nc(C(Cl)(Cl)Cl)nc(C(Cl)(Cl)Cl)n3)ccc2-c2ccc(-c3nc(C(Cl)(Cl)Cl)nc(C(Cl)(Cl)Cl)n3)cc21. The molecule has 0 N–H and O–H groups in total. The molecule has 8 nitrogen and oxygen atoms in total. The number of nitrogens with zero attached hydrogens (tertiary/aromatic N) is 6. The number of alkyl halides is 12. The number of carbonyl (C=O) groups excluding carboxylic acids is 1. The van der Waals surface area contributed by atoms with E-state index in [0.717, 1.165) is 22.3 Å². The van der Waals surface area contributed by atoms with Gasteiger partial charge in [0.1, 0.15) is 0 Å². The summed E-state index contributed by atoms with van der Waals surface area (Å²) >= 11 is 72.9. The van der Waals surface area contributed by atoms with Crippen molar-refractivity contribution in [2.24, 2.45) is 0 Å². The molecule has 0 amide bonds. The van der Waals surface area contributed by atoms with Crippen LogP contribution in [0.5, 0.6) is 0 Å². The molecule has 2 aromatic heterocycles. The lowest BCUT2D eigenvalue weighted by atomic mass is 9.91. The van der Waals surface area contributed by atoms with Crippen LogP contribution in [0.1, 0.15) is 53.7 Å². The summed E-state index contributed by atoms with van der Waals surface area (Å²) in [5.41, 5.74) is 3.98. The van der Waals surface area contributed by atoms with E-state index >= 15 is 0 Å². The van der Waals surface area contributed by atoms with Crippen LogP contribution >= 0.6 is 139 Å². The van der Waals surface area contributed by atoms with Crippen molar-refractivity contribution >= 4 is 145 Å². The molecule has 2 aromatic carbocycles. The molecule has 0 bridgehead atoms.